The van der Waals surface area contributed by atoms with Crippen LogP contribution in [0.2, 0.25) is 0 Å². The fourth-order valence-corrected chi connectivity index (χ4v) is 1.37. The van der Waals surface area contributed by atoms with Crippen molar-refractivity contribution >= 4 is 0 Å². The van der Waals surface area contributed by atoms with Crippen LogP contribution in [0.1, 0.15) is 12.5 Å². The zero-order valence-corrected chi connectivity index (χ0v) is 9.33. The van der Waals surface area contributed by atoms with Crippen molar-refractivity contribution in [2.24, 2.45) is 5.73 Å². The lowest BCUT2D eigenvalue weighted by molar-refractivity contribution is 0.0594. The molecule has 0 aliphatic heterocycles. The van der Waals surface area contributed by atoms with E-state index >= 15 is 0 Å². The maximum atomic E-state index is 12.9. The summed E-state index contributed by atoms with van der Waals surface area (Å²) in [7, 11) is 2.73. The largest absolute Gasteiger partial charge is 0.495 e. The number of pyridine rings is 1. The van der Waals surface area contributed by atoms with Gasteiger partial charge in [-0.3, -0.25) is 4.98 Å². The van der Waals surface area contributed by atoms with E-state index in [2.05, 4.69) is 4.98 Å². The Morgan fingerprint density at radius 2 is 1.69 bits per heavy atom. The number of halogens is 2. The first kappa shape index (κ1) is 12.6. The van der Waals surface area contributed by atoms with Gasteiger partial charge in [0, 0.05) is 0 Å². The van der Waals surface area contributed by atoms with Gasteiger partial charge in [0.25, 0.3) is 6.43 Å². The highest BCUT2D eigenvalue weighted by Gasteiger charge is 2.38. The maximum Gasteiger partial charge on any atom is 0.260 e. The fraction of sp³-hybridized carbons (Fsp3) is 0.500. The molecule has 0 bridgehead atoms. The molecule has 1 aromatic rings. The van der Waals surface area contributed by atoms with E-state index < -0.39 is 12.0 Å². The molecule has 16 heavy (non-hydrogen) atoms. The van der Waals surface area contributed by atoms with Crippen LogP contribution in [0.5, 0.6) is 11.5 Å². The monoisotopic (exact) mass is 232 g/mol. The van der Waals surface area contributed by atoms with E-state index in [9.17, 15) is 8.78 Å². The second-order valence-electron chi connectivity index (χ2n) is 3.50. The zero-order chi connectivity index (χ0) is 12.3. The van der Waals surface area contributed by atoms with E-state index in [0.29, 0.717) is 0 Å². The molecular weight excluding hydrogens is 218 g/mol. The highest BCUT2D eigenvalue weighted by atomic mass is 19.3. The Morgan fingerprint density at radius 3 is 2.00 bits per heavy atom. The number of hydrogen-bond acceptors (Lipinski definition) is 4. The predicted molar refractivity (Wildman–Crippen MR) is 54.9 cm³/mol. The van der Waals surface area contributed by atoms with Gasteiger partial charge in [-0.1, -0.05) is 0 Å². The molecule has 1 unspecified atom stereocenters. The van der Waals surface area contributed by atoms with Crippen molar-refractivity contribution in [3.8, 4) is 11.5 Å². The van der Waals surface area contributed by atoms with Gasteiger partial charge in [0.15, 0.2) is 0 Å². The number of aromatic nitrogens is 1. The summed E-state index contributed by atoms with van der Waals surface area (Å²) in [6, 6.07) is 0. The Bertz CT molecular complexity index is 348. The molecule has 0 saturated heterocycles. The molecule has 90 valence electrons. The Hall–Kier alpha value is -1.43. The predicted octanol–water partition coefficient (Wildman–Crippen LogP) is 1.54. The topological polar surface area (TPSA) is 57.4 Å². The van der Waals surface area contributed by atoms with E-state index in [0.717, 1.165) is 0 Å². The van der Waals surface area contributed by atoms with Crippen molar-refractivity contribution in [1.82, 2.24) is 4.98 Å². The number of nitrogens with two attached hydrogens (primary N) is 1. The zero-order valence-electron chi connectivity index (χ0n) is 9.33. The normalized spacial score (nSPS) is 14.7. The second-order valence-corrected chi connectivity index (χ2v) is 3.50. The van der Waals surface area contributed by atoms with Crippen LogP contribution in [0.15, 0.2) is 12.4 Å². The maximum absolute atomic E-state index is 12.9. The first-order chi connectivity index (χ1) is 7.45. The summed E-state index contributed by atoms with van der Waals surface area (Å²) in [5, 5.41) is 0. The van der Waals surface area contributed by atoms with Crippen LogP contribution in [0.4, 0.5) is 8.78 Å². The Kier molecular flexibility index (Phi) is 3.64. The fourth-order valence-electron chi connectivity index (χ4n) is 1.37. The molecule has 0 aliphatic carbocycles. The van der Waals surface area contributed by atoms with Gasteiger partial charge in [0.1, 0.15) is 17.0 Å². The summed E-state index contributed by atoms with van der Waals surface area (Å²) in [5.74, 6) is 0.370. The molecule has 0 spiro atoms. The number of alkyl halides is 2. The number of methoxy groups -OCH3 is 2. The molecule has 1 aromatic heterocycles. The van der Waals surface area contributed by atoms with Crippen LogP contribution >= 0.6 is 0 Å². The minimum atomic E-state index is -2.74. The number of rotatable bonds is 4. The summed E-state index contributed by atoms with van der Waals surface area (Å²) in [6.07, 6.45) is -0.0888. The molecule has 0 amide bonds. The van der Waals surface area contributed by atoms with Crippen LogP contribution < -0.4 is 15.2 Å². The molecule has 1 heterocycles. The first-order valence-corrected chi connectivity index (χ1v) is 4.58. The third-order valence-electron chi connectivity index (χ3n) is 2.31. The van der Waals surface area contributed by atoms with Gasteiger partial charge in [-0.15, -0.1) is 0 Å². The van der Waals surface area contributed by atoms with Crippen molar-refractivity contribution in [3.05, 3.63) is 18.0 Å². The van der Waals surface area contributed by atoms with Gasteiger partial charge in [-0.05, 0) is 6.92 Å². The molecule has 0 radical (unpaired) electrons. The third kappa shape index (κ3) is 2.06. The van der Waals surface area contributed by atoms with Crippen LogP contribution in [0.3, 0.4) is 0 Å². The van der Waals surface area contributed by atoms with Gasteiger partial charge in [0.2, 0.25) is 0 Å². The Balaban J connectivity index is 3.39. The molecular formula is C10H14F2N2O2. The first-order valence-electron chi connectivity index (χ1n) is 4.58. The van der Waals surface area contributed by atoms with E-state index in [1.54, 1.807) is 0 Å². The summed E-state index contributed by atoms with van der Waals surface area (Å²) in [6.45, 7) is 1.22. The molecule has 0 aliphatic rings. The third-order valence-corrected chi connectivity index (χ3v) is 2.31. The number of ether oxygens (including phenoxy) is 2. The summed E-state index contributed by atoms with van der Waals surface area (Å²) in [5.41, 5.74) is 3.86. The molecule has 0 fully saturated rings. The SMILES string of the molecule is COc1cncc(OC)c1C(C)(N)C(F)F. The van der Waals surface area contributed by atoms with E-state index in [-0.39, 0.29) is 17.1 Å². The molecule has 1 rings (SSSR count). The Morgan fingerprint density at radius 1 is 1.25 bits per heavy atom. The minimum Gasteiger partial charge on any atom is -0.495 e. The lowest BCUT2D eigenvalue weighted by Gasteiger charge is -2.27. The van der Waals surface area contributed by atoms with E-state index in [1.165, 1.54) is 33.5 Å². The molecule has 0 aromatic carbocycles. The highest BCUT2D eigenvalue weighted by molar-refractivity contribution is 5.47. The average molecular weight is 232 g/mol. The smallest absolute Gasteiger partial charge is 0.260 e. The lowest BCUT2D eigenvalue weighted by Crippen LogP contribution is -2.41. The van der Waals surface area contributed by atoms with Gasteiger partial charge < -0.3 is 15.2 Å². The van der Waals surface area contributed by atoms with E-state index in [1.807, 2.05) is 0 Å². The van der Waals surface area contributed by atoms with Gasteiger partial charge in [-0.2, -0.15) is 0 Å². The van der Waals surface area contributed by atoms with Gasteiger partial charge in [-0.25, -0.2) is 8.78 Å². The van der Waals surface area contributed by atoms with Crippen molar-refractivity contribution in [2.45, 2.75) is 18.9 Å². The van der Waals surface area contributed by atoms with Crippen LogP contribution in [-0.2, 0) is 5.54 Å². The van der Waals surface area contributed by atoms with Crippen LogP contribution in [0, 0.1) is 0 Å². The lowest BCUT2D eigenvalue weighted by atomic mass is 9.93. The Labute approximate surface area is 92.4 Å². The number of hydrogen-bond donors (Lipinski definition) is 1. The van der Waals surface area contributed by atoms with Crippen molar-refractivity contribution in [2.75, 3.05) is 14.2 Å². The van der Waals surface area contributed by atoms with Crippen LogP contribution in [0.25, 0.3) is 0 Å². The van der Waals surface area contributed by atoms with Crippen molar-refractivity contribution < 1.29 is 18.3 Å². The minimum absolute atomic E-state index is 0.113. The summed E-state index contributed by atoms with van der Waals surface area (Å²) in [4.78, 5) is 3.81. The van der Waals surface area contributed by atoms with Crippen molar-refractivity contribution in [1.29, 1.82) is 0 Å². The summed E-state index contributed by atoms with van der Waals surface area (Å²) < 4.78 is 35.7. The van der Waals surface area contributed by atoms with Crippen molar-refractivity contribution in [3.63, 3.8) is 0 Å². The van der Waals surface area contributed by atoms with Gasteiger partial charge >= 0.3 is 0 Å². The molecule has 0 saturated carbocycles. The molecule has 4 nitrogen and oxygen atoms in total. The molecule has 2 N–H and O–H groups in total. The molecule has 6 heteroatoms. The summed E-state index contributed by atoms with van der Waals surface area (Å²) >= 11 is 0. The molecule has 1 atom stereocenters. The number of nitrogens with zero attached hydrogens (tertiary/aromatic N) is 1. The standard InChI is InChI=1S/C10H14F2N2O2/c1-10(13,9(11)12)8-6(15-2)4-14-5-7(8)16-3/h4-5,9H,13H2,1-3H3. The van der Waals surface area contributed by atoms with Gasteiger partial charge in [0.05, 0.1) is 32.2 Å². The highest BCUT2D eigenvalue weighted by Crippen LogP contribution is 2.38. The quantitative estimate of drug-likeness (QED) is 0.855. The van der Waals surface area contributed by atoms with Crippen LogP contribution in [-0.4, -0.2) is 25.6 Å². The average Bonchev–Trinajstić information content (AvgIpc) is 2.27. The second kappa shape index (κ2) is 4.61. The van der Waals surface area contributed by atoms with E-state index in [4.69, 9.17) is 15.2 Å².